The van der Waals surface area contributed by atoms with Crippen LogP contribution in [0.15, 0.2) is 29.4 Å². The summed E-state index contributed by atoms with van der Waals surface area (Å²) in [6, 6.07) is 6.29. The molecule has 1 aromatic carbocycles. The van der Waals surface area contributed by atoms with Crippen LogP contribution >= 0.6 is 11.3 Å². The number of nitrogens with two attached hydrogens (primary N) is 1. The lowest BCUT2D eigenvalue weighted by molar-refractivity contribution is -0.140. The van der Waals surface area contributed by atoms with Crippen molar-refractivity contribution in [3.8, 4) is 0 Å². The van der Waals surface area contributed by atoms with E-state index >= 15 is 0 Å². The number of rotatable bonds is 10. The SMILES string of the molecule is CC(C)C(=O)N1CCC[C@H]1C(=O)NC(CCCNC=NN)C(=O)c1nc2ccccc2s1. The molecule has 1 fully saturated rings. The topological polar surface area (TPSA) is 130 Å². The van der Waals surface area contributed by atoms with E-state index in [0.29, 0.717) is 37.4 Å². The summed E-state index contributed by atoms with van der Waals surface area (Å²) in [7, 11) is 0. The molecule has 172 valence electrons. The molecule has 10 heteroatoms. The molecule has 2 atom stereocenters. The van der Waals surface area contributed by atoms with Gasteiger partial charge in [-0.3, -0.25) is 14.4 Å². The van der Waals surface area contributed by atoms with Gasteiger partial charge >= 0.3 is 0 Å². The molecule has 2 amide bonds. The molecule has 1 unspecified atom stereocenters. The van der Waals surface area contributed by atoms with Gasteiger partial charge in [0, 0.05) is 19.0 Å². The number of likely N-dealkylation sites (tertiary alicyclic amines) is 1. The Morgan fingerprint density at radius 1 is 1.34 bits per heavy atom. The number of nitrogens with one attached hydrogen (secondary N) is 2. The van der Waals surface area contributed by atoms with Crippen molar-refractivity contribution in [2.24, 2.45) is 16.9 Å². The maximum atomic E-state index is 13.3. The summed E-state index contributed by atoms with van der Waals surface area (Å²) >= 11 is 1.32. The number of para-hydroxylation sites is 1. The van der Waals surface area contributed by atoms with Gasteiger partial charge in [0.1, 0.15) is 12.4 Å². The number of thiazole rings is 1. The minimum absolute atomic E-state index is 0.0398. The Bertz CT molecular complexity index is 956. The maximum Gasteiger partial charge on any atom is 0.243 e. The molecule has 32 heavy (non-hydrogen) atoms. The molecule has 0 bridgehead atoms. The van der Waals surface area contributed by atoms with Crippen LogP contribution in [0.2, 0.25) is 0 Å². The van der Waals surface area contributed by atoms with Gasteiger partial charge in [0.2, 0.25) is 17.6 Å². The largest absolute Gasteiger partial charge is 0.375 e. The van der Waals surface area contributed by atoms with E-state index in [1.807, 2.05) is 38.1 Å². The van der Waals surface area contributed by atoms with E-state index in [2.05, 4.69) is 20.7 Å². The predicted octanol–water partition coefficient (Wildman–Crippen LogP) is 1.88. The number of ketones is 1. The number of hydrazone groups is 1. The van der Waals surface area contributed by atoms with E-state index in [0.717, 1.165) is 16.6 Å². The van der Waals surface area contributed by atoms with Crippen molar-refractivity contribution in [1.82, 2.24) is 20.5 Å². The first-order valence-corrected chi connectivity index (χ1v) is 11.7. The lowest BCUT2D eigenvalue weighted by Gasteiger charge is -2.27. The zero-order valence-electron chi connectivity index (χ0n) is 18.4. The monoisotopic (exact) mass is 458 g/mol. The van der Waals surface area contributed by atoms with Crippen LogP contribution in [-0.4, -0.2) is 59.0 Å². The number of benzene rings is 1. The third-order valence-corrected chi connectivity index (χ3v) is 6.50. The van der Waals surface area contributed by atoms with Crippen molar-refractivity contribution in [1.29, 1.82) is 0 Å². The minimum Gasteiger partial charge on any atom is -0.375 e. The zero-order valence-corrected chi connectivity index (χ0v) is 19.2. The highest BCUT2D eigenvalue weighted by molar-refractivity contribution is 7.20. The van der Waals surface area contributed by atoms with Crippen LogP contribution in [0.3, 0.4) is 0 Å². The highest BCUT2D eigenvalue weighted by Gasteiger charge is 2.36. The number of nitrogens with zero attached hydrogens (tertiary/aromatic N) is 3. The number of hydrogen-bond acceptors (Lipinski definition) is 7. The predicted molar refractivity (Wildman–Crippen MR) is 125 cm³/mol. The number of aromatic nitrogens is 1. The Kier molecular flexibility index (Phi) is 8.15. The van der Waals surface area contributed by atoms with Gasteiger partial charge in [-0.15, -0.1) is 11.3 Å². The second kappa shape index (κ2) is 11.0. The van der Waals surface area contributed by atoms with Crippen LogP contribution in [0.4, 0.5) is 0 Å². The van der Waals surface area contributed by atoms with E-state index in [1.54, 1.807) is 4.90 Å². The molecular formula is C22H30N6O3S. The Labute approximate surface area is 191 Å². The minimum atomic E-state index is -0.726. The average molecular weight is 459 g/mol. The van der Waals surface area contributed by atoms with Gasteiger partial charge in [-0.2, -0.15) is 5.10 Å². The van der Waals surface area contributed by atoms with Crippen LogP contribution in [0.25, 0.3) is 10.2 Å². The summed E-state index contributed by atoms with van der Waals surface area (Å²) in [5.74, 6) is 4.36. The van der Waals surface area contributed by atoms with Gasteiger partial charge < -0.3 is 21.4 Å². The lowest BCUT2D eigenvalue weighted by Crippen LogP contribution is -2.51. The third kappa shape index (κ3) is 5.61. The van der Waals surface area contributed by atoms with Gasteiger partial charge in [0.05, 0.1) is 16.3 Å². The fraction of sp³-hybridized carbons (Fsp3) is 0.500. The molecule has 2 aromatic rings. The molecule has 0 aliphatic carbocycles. The Morgan fingerprint density at radius 3 is 2.84 bits per heavy atom. The number of Topliss-reactive ketones (excluding diaryl/α,β-unsaturated/α-hetero) is 1. The molecule has 1 saturated heterocycles. The summed E-state index contributed by atoms with van der Waals surface area (Å²) in [4.78, 5) is 45.0. The normalized spacial score (nSPS) is 17.2. The van der Waals surface area contributed by atoms with Crippen LogP contribution in [0.5, 0.6) is 0 Å². The molecule has 9 nitrogen and oxygen atoms in total. The fourth-order valence-electron chi connectivity index (χ4n) is 3.82. The molecule has 0 spiro atoms. The van der Waals surface area contributed by atoms with Crippen molar-refractivity contribution < 1.29 is 14.4 Å². The highest BCUT2D eigenvalue weighted by atomic mass is 32.1. The molecule has 4 N–H and O–H groups in total. The first kappa shape index (κ1) is 23.6. The second-order valence-electron chi connectivity index (χ2n) is 8.13. The van der Waals surface area contributed by atoms with Crippen molar-refractivity contribution >= 4 is 45.5 Å². The van der Waals surface area contributed by atoms with Crippen molar-refractivity contribution in [2.75, 3.05) is 13.1 Å². The molecule has 0 radical (unpaired) electrons. The number of carbonyl (C=O) groups excluding carboxylic acids is 3. The quantitative estimate of drug-likeness (QED) is 0.124. The van der Waals surface area contributed by atoms with Crippen molar-refractivity contribution in [3.63, 3.8) is 0 Å². The number of fused-ring (bicyclic) bond motifs is 1. The van der Waals surface area contributed by atoms with E-state index in [1.165, 1.54) is 17.7 Å². The fourth-order valence-corrected chi connectivity index (χ4v) is 4.78. The van der Waals surface area contributed by atoms with Crippen LogP contribution in [-0.2, 0) is 9.59 Å². The first-order chi connectivity index (χ1) is 15.4. The summed E-state index contributed by atoms with van der Waals surface area (Å²) in [5, 5.41) is 9.59. The van der Waals surface area contributed by atoms with Gasteiger partial charge in [-0.05, 0) is 37.8 Å². The van der Waals surface area contributed by atoms with E-state index in [4.69, 9.17) is 5.84 Å². The maximum absolute atomic E-state index is 13.3. The molecule has 1 aromatic heterocycles. The number of carbonyl (C=O) groups is 3. The summed E-state index contributed by atoms with van der Waals surface area (Å²) in [6.45, 7) is 4.77. The summed E-state index contributed by atoms with van der Waals surface area (Å²) in [5.41, 5.74) is 0.760. The smallest absolute Gasteiger partial charge is 0.243 e. The molecule has 1 aliphatic heterocycles. The third-order valence-electron chi connectivity index (χ3n) is 5.45. The van der Waals surface area contributed by atoms with Gasteiger partial charge in [0.15, 0.2) is 5.01 Å². The first-order valence-electron chi connectivity index (χ1n) is 10.9. The van der Waals surface area contributed by atoms with Crippen molar-refractivity contribution in [3.05, 3.63) is 29.3 Å². The summed E-state index contributed by atoms with van der Waals surface area (Å²) < 4.78 is 0.922. The molecule has 2 heterocycles. The number of hydrogen-bond donors (Lipinski definition) is 3. The summed E-state index contributed by atoms with van der Waals surface area (Å²) in [6.07, 6.45) is 3.80. The van der Waals surface area contributed by atoms with Gasteiger partial charge in [0.25, 0.3) is 0 Å². The lowest BCUT2D eigenvalue weighted by atomic mass is 10.1. The van der Waals surface area contributed by atoms with Gasteiger partial charge in [-0.25, -0.2) is 4.98 Å². The molecule has 0 saturated carbocycles. The van der Waals surface area contributed by atoms with Crippen LogP contribution in [0, 0.1) is 5.92 Å². The Balaban J connectivity index is 1.75. The average Bonchev–Trinajstić information content (AvgIpc) is 3.44. The highest BCUT2D eigenvalue weighted by Crippen LogP contribution is 2.24. The number of amides is 2. The van der Waals surface area contributed by atoms with Gasteiger partial charge in [-0.1, -0.05) is 26.0 Å². The van der Waals surface area contributed by atoms with Crippen LogP contribution < -0.4 is 16.5 Å². The molecular weight excluding hydrogens is 428 g/mol. The molecule has 1 aliphatic rings. The van der Waals surface area contributed by atoms with Crippen LogP contribution in [0.1, 0.15) is 49.3 Å². The van der Waals surface area contributed by atoms with E-state index < -0.39 is 12.1 Å². The van der Waals surface area contributed by atoms with E-state index in [-0.39, 0.29) is 23.5 Å². The Morgan fingerprint density at radius 2 is 2.12 bits per heavy atom. The van der Waals surface area contributed by atoms with E-state index in [9.17, 15) is 14.4 Å². The Hall–Kier alpha value is -3.01. The second-order valence-corrected chi connectivity index (χ2v) is 9.16. The molecule has 3 rings (SSSR count). The zero-order chi connectivity index (χ0) is 23.1. The van der Waals surface area contributed by atoms with Crippen molar-refractivity contribution in [2.45, 2.75) is 51.6 Å². The standard InChI is InChI=1S/C22H30N6O3S/c1-14(2)22(31)28-12-6-9-17(28)20(30)26-16(8-5-11-24-13-25-23)19(29)21-27-15-7-3-4-10-18(15)32-21/h3-4,7,10,13-14,16-17H,5-6,8-9,11-12,23H2,1-2H3,(H,24,25)(H,26,30)/t16?,17-/m0/s1.